The first-order valence-corrected chi connectivity index (χ1v) is 10.3. The molecule has 0 fully saturated rings. The Morgan fingerprint density at radius 1 is 1.15 bits per heavy atom. The van der Waals surface area contributed by atoms with Crippen molar-refractivity contribution in [3.05, 3.63) is 81.9 Å². The van der Waals surface area contributed by atoms with Gasteiger partial charge in [-0.15, -0.1) is 11.3 Å². The second kappa shape index (κ2) is 8.55. The summed E-state index contributed by atoms with van der Waals surface area (Å²) in [7, 11) is 0. The van der Waals surface area contributed by atoms with Crippen molar-refractivity contribution in [1.82, 2.24) is 10.2 Å². The van der Waals surface area contributed by atoms with Crippen LogP contribution in [0.5, 0.6) is 0 Å². The Morgan fingerprint density at radius 3 is 2.89 bits per heavy atom. The van der Waals surface area contributed by atoms with E-state index in [1.54, 1.807) is 17.6 Å². The summed E-state index contributed by atoms with van der Waals surface area (Å²) in [6.07, 6.45) is 4.91. The number of fused-ring (bicyclic) bond motifs is 1. The van der Waals surface area contributed by atoms with Gasteiger partial charge in [-0.1, -0.05) is 30.3 Å². The summed E-state index contributed by atoms with van der Waals surface area (Å²) in [4.78, 5) is 16.2. The monoisotopic (exact) mass is 380 g/mol. The highest BCUT2D eigenvalue weighted by molar-refractivity contribution is 7.09. The highest BCUT2D eigenvalue weighted by atomic mass is 32.1. The van der Waals surface area contributed by atoms with Crippen molar-refractivity contribution in [2.75, 3.05) is 6.54 Å². The predicted octanol–water partition coefficient (Wildman–Crippen LogP) is 4.54. The number of amides is 1. The van der Waals surface area contributed by atoms with E-state index >= 15 is 0 Å². The largest absolute Gasteiger partial charge is 0.468 e. The van der Waals surface area contributed by atoms with Crippen molar-refractivity contribution in [2.45, 2.75) is 38.4 Å². The Morgan fingerprint density at radius 2 is 2.07 bits per heavy atom. The zero-order valence-corrected chi connectivity index (χ0v) is 16.1. The molecule has 140 valence electrons. The van der Waals surface area contributed by atoms with E-state index in [4.69, 9.17) is 4.42 Å². The lowest BCUT2D eigenvalue weighted by Crippen LogP contribution is -2.39. The average Bonchev–Trinajstić information content (AvgIpc) is 3.36. The van der Waals surface area contributed by atoms with E-state index in [1.165, 1.54) is 16.0 Å². The highest BCUT2D eigenvalue weighted by Crippen LogP contribution is 2.29. The maximum Gasteiger partial charge on any atom is 0.234 e. The lowest BCUT2D eigenvalue weighted by Gasteiger charge is -2.28. The summed E-state index contributed by atoms with van der Waals surface area (Å²) < 4.78 is 5.49. The van der Waals surface area contributed by atoms with Crippen molar-refractivity contribution in [2.24, 2.45) is 0 Å². The maximum absolute atomic E-state index is 12.8. The molecule has 4 nitrogen and oxygen atoms in total. The number of carbonyl (C=O) groups is 1. The minimum Gasteiger partial charge on any atom is -0.468 e. The third kappa shape index (κ3) is 4.67. The van der Waals surface area contributed by atoms with E-state index in [0.29, 0.717) is 13.1 Å². The predicted molar refractivity (Wildman–Crippen MR) is 107 cm³/mol. The first-order valence-electron chi connectivity index (χ1n) is 9.42. The third-order valence-electron chi connectivity index (χ3n) is 4.99. The Balaban J connectivity index is 1.42. The minimum absolute atomic E-state index is 0.0693. The van der Waals surface area contributed by atoms with Crippen LogP contribution in [0.2, 0.25) is 0 Å². The quantitative estimate of drug-likeness (QED) is 0.655. The van der Waals surface area contributed by atoms with Crippen LogP contribution in [0.3, 0.4) is 0 Å². The molecule has 0 aliphatic heterocycles. The van der Waals surface area contributed by atoms with Gasteiger partial charge in [0.2, 0.25) is 5.91 Å². The fourth-order valence-electron chi connectivity index (χ4n) is 3.76. The van der Waals surface area contributed by atoms with Crippen LogP contribution in [0, 0.1) is 0 Å². The Hall–Kier alpha value is -2.37. The van der Waals surface area contributed by atoms with Gasteiger partial charge in [-0.25, -0.2) is 0 Å². The van der Waals surface area contributed by atoms with Crippen molar-refractivity contribution in [3.8, 4) is 0 Å². The molecule has 2 heterocycles. The van der Waals surface area contributed by atoms with Crippen LogP contribution in [-0.4, -0.2) is 17.4 Å². The summed E-state index contributed by atoms with van der Waals surface area (Å²) in [6, 6.07) is 16.6. The number of nitrogens with one attached hydrogen (secondary N) is 1. The number of hydrogen-bond acceptors (Lipinski definition) is 4. The molecule has 1 aliphatic rings. The first kappa shape index (κ1) is 18.0. The Bertz CT molecular complexity index is 822. The summed E-state index contributed by atoms with van der Waals surface area (Å²) in [5, 5.41) is 5.33. The van der Waals surface area contributed by atoms with E-state index in [2.05, 4.69) is 45.9 Å². The molecule has 1 aliphatic carbocycles. The molecule has 5 heteroatoms. The number of benzene rings is 1. The first-order chi connectivity index (χ1) is 13.3. The molecule has 0 saturated carbocycles. The summed E-state index contributed by atoms with van der Waals surface area (Å²) >= 11 is 1.71. The summed E-state index contributed by atoms with van der Waals surface area (Å²) in [5.74, 6) is 0.946. The zero-order chi connectivity index (χ0) is 18.5. The van der Waals surface area contributed by atoms with E-state index in [9.17, 15) is 4.79 Å². The third-order valence-corrected chi connectivity index (χ3v) is 5.85. The smallest absolute Gasteiger partial charge is 0.234 e. The van der Waals surface area contributed by atoms with Gasteiger partial charge in [-0.2, -0.15) is 0 Å². The van der Waals surface area contributed by atoms with Crippen LogP contribution < -0.4 is 5.32 Å². The van der Waals surface area contributed by atoms with Gasteiger partial charge in [0, 0.05) is 11.4 Å². The van der Waals surface area contributed by atoms with E-state index < -0.39 is 0 Å². The molecule has 0 saturated heterocycles. The molecule has 1 N–H and O–H groups in total. The van der Waals surface area contributed by atoms with Gasteiger partial charge in [0.1, 0.15) is 5.76 Å². The van der Waals surface area contributed by atoms with Gasteiger partial charge in [-0.3, -0.25) is 9.69 Å². The van der Waals surface area contributed by atoms with Gasteiger partial charge < -0.3 is 9.73 Å². The van der Waals surface area contributed by atoms with Gasteiger partial charge >= 0.3 is 0 Å². The topological polar surface area (TPSA) is 45.5 Å². The molecule has 2 aromatic heterocycles. The molecule has 0 bridgehead atoms. The molecule has 3 aromatic rings. The maximum atomic E-state index is 12.8. The zero-order valence-electron chi connectivity index (χ0n) is 15.3. The molecule has 1 atom stereocenters. The number of hydrogen-bond donors (Lipinski definition) is 1. The van der Waals surface area contributed by atoms with Crippen molar-refractivity contribution < 1.29 is 9.21 Å². The molecule has 1 aromatic carbocycles. The second-order valence-corrected chi connectivity index (χ2v) is 8.05. The fourth-order valence-corrected chi connectivity index (χ4v) is 4.51. The van der Waals surface area contributed by atoms with Crippen LogP contribution >= 0.6 is 11.3 Å². The minimum atomic E-state index is 0.0693. The van der Waals surface area contributed by atoms with Crippen molar-refractivity contribution in [3.63, 3.8) is 0 Å². The van der Waals surface area contributed by atoms with Crippen LogP contribution in [0.4, 0.5) is 0 Å². The van der Waals surface area contributed by atoms with Crippen LogP contribution in [-0.2, 0) is 24.3 Å². The summed E-state index contributed by atoms with van der Waals surface area (Å²) in [6.45, 7) is 1.73. The number of thiophene rings is 1. The van der Waals surface area contributed by atoms with Gasteiger partial charge in [-0.05, 0) is 54.0 Å². The number of furan rings is 1. The summed E-state index contributed by atoms with van der Waals surface area (Å²) in [5.41, 5.74) is 2.63. The second-order valence-electron chi connectivity index (χ2n) is 7.02. The lowest BCUT2D eigenvalue weighted by atomic mass is 9.88. The standard InChI is InChI=1S/C22H24N2O2S/c25-22(23-21-11-3-7-17-6-1-2-10-20(17)21)16-24(14-18-8-4-12-26-18)15-19-9-5-13-27-19/h1-2,4-6,8-10,12-13,21H,3,7,11,14-16H2,(H,23,25). The van der Waals surface area contributed by atoms with Crippen molar-refractivity contribution >= 4 is 17.2 Å². The molecule has 4 rings (SSSR count). The number of rotatable bonds is 7. The average molecular weight is 381 g/mol. The SMILES string of the molecule is O=C(CN(Cc1ccco1)Cc1cccs1)NC1CCCc2ccccc21. The van der Waals surface area contributed by atoms with Gasteiger partial charge in [0.25, 0.3) is 0 Å². The molecular weight excluding hydrogens is 356 g/mol. The number of aryl methyl sites for hydroxylation is 1. The molecule has 1 amide bonds. The van der Waals surface area contributed by atoms with Crippen LogP contribution in [0.1, 0.15) is 40.6 Å². The van der Waals surface area contributed by atoms with Crippen molar-refractivity contribution in [1.29, 1.82) is 0 Å². The lowest BCUT2D eigenvalue weighted by molar-refractivity contribution is -0.123. The normalized spacial score (nSPS) is 16.3. The highest BCUT2D eigenvalue weighted by Gasteiger charge is 2.22. The number of nitrogens with zero attached hydrogens (tertiary/aromatic N) is 1. The van der Waals surface area contributed by atoms with E-state index in [1.807, 2.05) is 18.2 Å². The molecule has 1 unspecified atom stereocenters. The molecule has 27 heavy (non-hydrogen) atoms. The molecule has 0 radical (unpaired) electrons. The van der Waals surface area contributed by atoms with E-state index in [0.717, 1.165) is 31.6 Å². The van der Waals surface area contributed by atoms with E-state index in [-0.39, 0.29) is 11.9 Å². The molecule has 0 spiro atoms. The fraction of sp³-hybridized carbons (Fsp3) is 0.318. The number of carbonyl (C=O) groups excluding carboxylic acids is 1. The van der Waals surface area contributed by atoms with Crippen LogP contribution in [0.25, 0.3) is 0 Å². The Kier molecular flexibility index (Phi) is 5.70. The Labute approximate surface area is 163 Å². The van der Waals surface area contributed by atoms with Crippen LogP contribution in [0.15, 0.2) is 64.6 Å². The van der Waals surface area contributed by atoms with Gasteiger partial charge in [0.15, 0.2) is 0 Å². The van der Waals surface area contributed by atoms with Gasteiger partial charge in [0.05, 0.1) is 25.4 Å². The molecular formula is C22H24N2O2S.